The molecule has 0 heterocycles. The quantitative estimate of drug-likeness (QED) is 0.626. The van der Waals surface area contributed by atoms with Crippen LogP contribution in [-0.2, 0) is 15.8 Å². The molecule has 0 saturated carbocycles. The van der Waals surface area contributed by atoms with Gasteiger partial charge in [0.05, 0.1) is 5.75 Å². The van der Waals surface area contributed by atoms with E-state index in [1.165, 1.54) is 0 Å². The van der Waals surface area contributed by atoms with Gasteiger partial charge in [-0.05, 0) is 11.5 Å². The Morgan fingerprint density at radius 2 is 1.81 bits per heavy atom. The maximum atomic E-state index is 11.8. The zero-order chi connectivity index (χ0) is 12.2. The molecule has 0 unspecified atom stereocenters. The van der Waals surface area contributed by atoms with Crippen molar-refractivity contribution in [2.45, 2.75) is 19.6 Å². The van der Waals surface area contributed by atoms with Crippen LogP contribution in [0, 0.1) is 5.92 Å². The average molecular weight is 242 g/mol. The Hall–Kier alpha value is -0.910. The average Bonchev–Trinajstić information content (AvgIpc) is 2.17. The summed E-state index contributed by atoms with van der Waals surface area (Å²) in [6, 6.07) is 9.04. The van der Waals surface area contributed by atoms with E-state index >= 15 is 0 Å². The predicted octanol–water partition coefficient (Wildman–Crippen LogP) is 1.35. The molecule has 5 heteroatoms. The van der Waals surface area contributed by atoms with Gasteiger partial charge in [-0.25, -0.2) is 8.42 Å². The molecule has 0 radical (unpaired) electrons. The summed E-state index contributed by atoms with van der Waals surface area (Å²) in [5.41, 5.74) is 0.752. The van der Waals surface area contributed by atoms with Crippen molar-refractivity contribution in [1.29, 1.82) is 0 Å². The van der Waals surface area contributed by atoms with E-state index in [9.17, 15) is 8.42 Å². The van der Waals surface area contributed by atoms with Crippen molar-refractivity contribution in [3.05, 3.63) is 35.9 Å². The van der Waals surface area contributed by atoms with Gasteiger partial charge in [-0.1, -0.05) is 44.2 Å². The number of nitrogens with two attached hydrogens (primary N) is 1. The van der Waals surface area contributed by atoms with Crippen molar-refractivity contribution < 1.29 is 8.42 Å². The standard InChI is InChI=1S/C11H18N2O2S/c1-10(2)8-13(12)16(14,15)9-11-6-4-3-5-7-11/h3-7,10H,8-9,12H2,1-2H3. The minimum absolute atomic E-state index is 0.0446. The van der Waals surface area contributed by atoms with Crippen LogP contribution in [0.5, 0.6) is 0 Å². The molecule has 2 N–H and O–H groups in total. The maximum absolute atomic E-state index is 11.8. The number of benzene rings is 1. The fourth-order valence-corrected chi connectivity index (χ4v) is 2.65. The summed E-state index contributed by atoms with van der Waals surface area (Å²) in [4.78, 5) is 0. The summed E-state index contributed by atoms with van der Waals surface area (Å²) < 4.78 is 24.6. The first-order valence-corrected chi connectivity index (χ1v) is 6.82. The molecule has 0 fully saturated rings. The van der Waals surface area contributed by atoms with E-state index in [0.717, 1.165) is 9.98 Å². The minimum atomic E-state index is -3.40. The SMILES string of the molecule is CC(C)CN(N)S(=O)(=O)Cc1ccccc1. The Morgan fingerprint density at radius 3 is 2.31 bits per heavy atom. The Balaban J connectivity index is 2.72. The Labute approximate surface area is 97.1 Å². The Bertz CT molecular complexity index is 415. The molecule has 1 aromatic carbocycles. The minimum Gasteiger partial charge on any atom is -0.255 e. The highest BCUT2D eigenvalue weighted by atomic mass is 32.2. The molecule has 0 aliphatic carbocycles. The van der Waals surface area contributed by atoms with Crippen molar-refractivity contribution in [2.75, 3.05) is 6.54 Å². The predicted molar refractivity (Wildman–Crippen MR) is 64.8 cm³/mol. The second kappa shape index (κ2) is 5.43. The molecule has 90 valence electrons. The molecule has 1 rings (SSSR count). The van der Waals surface area contributed by atoms with Crippen LogP contribution in [0.4, 0.5) is 0 Å². The highest BCUT2D eigenvalue weighted by Gasteiger charge is 2.19. The molecule has 1 aromatic rings. The molecule has 0 bridgehead atoms. The van der Waals surface area contributed by atoms with Crippen molar-refractivity contribution in [3.8, 4) is 0 Å². The molecular weight excluding hydrogens is 224 g/mol. The lowest BCUT2D eigenvalue weighted by molar-refractivity contribution is 0.378. The van der Waals surface area contributed by atoms with Gasteiger partial charge in [0, 0.05) is 6.54 Å². The molecule has 0 spiro atoms. The largest absolute Gasteiger partial charge is 0.255 e. The fourth-order valence-electron chi connectivity index (χ4n) is 1.34. The van der Waals surface area contributed by atoms with Crippen LogP contribution in [0.1, 0.15) is 19.4 Å². The molecule has 0 aliphatic rings. The van der Waals surface area contributed by atoms with Gasteiger partial charge >= 0.3 is 0 Å². The third-order valence-electron chi connectivity index (χ3n) is 2.09. The van der Waals surface area contributed by atoms with Crippen molar-refractivity contribution in [1.82, 2.24) is 4.41 Å². The van der Waals surface area contributed by atoms with E-state index in [4.69, 9.17) is 5.84 Å². The molecule has 0 saturated heterocycles. The molecule has 16 heavy (non-hydrogen) atoms. The highest BCUT2D eigenvalue weighted by Crippen LogP contribution is 2.09. The van der Waals surface area contributed by atoms with Crippen LogP contribution in [0.3, 0.4) is 0 Å². The number of sulfonamides is 1. The lowest BCUT2D eigenvalue weighted by atomic mass is 10.2. The first kappa shape index (κ1) is 13.2. The van der Waals surface area contributed by atoms with Crippen LogP contribution in [0.25, 0.3) is 0 Å². The highest BCUT2D eigenvalue weighted by molar-refractivity contribution is 7.88. The van der Waals surface area contributed by atoms with Gasteiger partial charge in [0.15, 0.2) is 0 Å². The lowest BCUT2D eigenvalue weighted by Crippen LogP contribution is -2.40. The first-order chi connectivity index (χ1) is 7.42. The van der Waals surface area contributed by atoms with Gasteiger partial charge in [0.2, 0.25) is 10.0 Å². The molecule has 0 aromatic heterocycles. The topological polar surface area (TPSA) is 63.4 Å². The van der Waals surface area contributed by atoms with Gasteiger partial charge in [0.1, 0.15) is 0 Å². The normalized spacial score (nSPS) is 12.3. The zero-order valence-electron chi connectivity index (χ0n) is 9.63. The van der Waals surface area contributed by atoms with E-state index in [1.54, 1.807) is 12.1 Å². The third kappa shape index (κ3) is 3.92. The summed E-state index contributed by atoms with van der Waals surface area (Å²) in [6.07, 6.45) is 0. The molecular formula is C11H18N2O2S. The van der Waals surface area contributed by atoms with E-state index in [0.29, 0.717) is 6.54 Å². The first-order valence-electron chi connectivity index (χ1n) is 5.21. The monoisotopic (exact) mass is 242 g/mol. The number of hydrazine groups is 1. The van der Waals surface area contributed by atoms with Crippen molar-refractivity contribution >= 4 is 10.0 Å². The summed E-state index contributed by atoms with van der Waals surface area (Å²) in [7, 11) is -3.40. The molecule has 0 amide bonds. The number of hydrogen-bond acceptors (Lipinski definition) is 3. The van der Waals surface area contributed by atoms with Crippen LogP contribution < -0.4 is 5.84 Å². The summed E-state index contributed by atoms with van der Waals surface area (Å²) >= 11 is 0. The van der Waals surface area contributed by atoms with Crippen molar-refractivity contribution in [3.63, 3.8) is 0 Å². The van der Waals surface area contributed by atoms with Gasteiger partial charge in [-0.15, -0.1) is 4.41 Å². The fraction of sp³-hybridized carbons (Fsp3) is 0.455. The zero-order valence-corrected chi connectivity index (χ0v) is 10.4. The van der Waals surface area contributed by atoms with Crippen LogP contribution in [-0.4, -0.2) is 19.4 Å². The van der Waals surface area contributed by atoms with Crippen molar-refractivity contribution in [2.24, 2.45) is 11.8 Å². The lowest BCUT2D eigenvalue weighted by Gasteiger charge is -2.18. The number of hydrogen-bond donors (Lipinski definition) is 1. The molecule has 0 aliphatic heterocycles. The number of rotatable bonds is 5. The number of nitrogens with zero attached hydrogens (tertiary/aromatic N) is 1. The van der Waals surface area contributed by atoms with E-state index < -0.39 is 10.0 Å². The van der Waals surface area contributed by atoms with Crippen LogP contribution in [0.15, 0.2) is 30.3 Å². The smallest absolute Gasteiger partial charge is 0.230 e. The van der Waals surface area contributed by atoms with Gasteiger partial charge in [-0.3, -0.25) is 5.84 Å². The molecule has 4 nitrogen and oxygen atoms in total. The Morgan fingerprint density at radius 1 is 1.25 bits per heavy atom. The van der Waals surface area contributed by atoms with Crippen LogP contribution in [0.2, 0.25) is 0 Å². The third-order valence-corrected chi connectivity index (χ3v) is 3.66. The summed E-state index contributed by atoms with van der Waals surface area (Å²) in [5, 5.41) is 0. The maximum Gasteiger partial charge on any atom is 0.230 e. The summed E-state index contributed by atoms with van der Waals surface area (Å²) in [6.45, 7) is 4.20. The van der Waals surface area contributed by atoms with E-state index in [1.807, 2.05) is 32.0 Å². The van der Waals surface area contributed by atoms with Gasteiger partial charge in [0.25, 0.3) is 0 Å². The van der Waals surface area contributed by atoms with Gasteiger partial charge < -0.3 is 0 Å². The summed E-state index contributed by atoms with van der Waals surface area (Å²) in [5.74, 6) is 5.72. The molecule has 0 atom stereocenters. The second-order valence-corrected chi connectivity index (χ2v) is 6.13. The van der Waals surface area contributed by atoms with Crippen LogP contribution >= 0.6 is 0 Å². The van der Waals surface area contributed by atoms with E-state index in [-0.39, 0.29) is 11.7 Å². The van der Waals surface area contributed by atoms with E-state index in [2.05, 4.69) is 0 Å². The Kier molecular flexibility index (Phi) is 4.46. The van der Waals surface area contributed by atoms with Gasteiger partial charge in [-0.2, -0.15) is 0 Å². The second-order valence-electron chi connectivity index (χ2n) is 4.21.